The van der Waals surface area contributed by atoms with Crippen molar-refractivity contribution in [3.8, 4) is 6.07 Å². The fourth-order valence-corrected chi connectivity index (χ4v) is 1.99. The number of benzene rings is 1. The summed E-state index contributed by atoms with van der Waals surface area (Å²) in [5.41, 5.74) is 2.52. The summed E-state index contributed by atoms with van der Waals surface area (Å²) in [5, 5.41) is 10.1. The molecule has 0 atom stereocenters. The molecule has 0 spiro atoms. The third kappa shape index (κ3) is 1.63. The van der Waals surface area contributed by atoms with Crippen molar-refractivity contribution >= 4 is 27.5 Å². The Morgan fingerprint density at radius 2 is 2.25 bits per heavy atom. The van der Waals surface area contributed by atoms with Crippen LogP contribution in [-0.2, 0) is 5.33 Å². The molecule has 0 unspecified atom stereocenters. The zero-order chi connectivity index (χ0) is 9.14. The van der Waals surface area contributed by atoms with Crippen molar-refractivity contribution < 1.29 is 0 Å². The molecule has 0 aliphatic rings. The second-order valence-electron chi connectivity index (χ2n) is 2.46. The van der Waals surface area contributed by atoms with Gasteiger partial charge in [-0.3, -0.25) is 0 Å². The summed E-state index contributed by atoms with van der Waals surface area (Å²) in [6.45, 7) is 1.90. The fourth-order valence-electron chi connectivity index (χ4n) is 1.03. The second-order valence-corrected chi connectivity index (χ2v) is 3.43. The summed E-state index contributed by atoms with van der Waals surface area (Å²) in [5.74, 6) is 0. The highest BCUT2D eigenvalue weighted by Gasteiger charge is 2.07. The molecule has 3 heteroatoms. The van der Waals surface area contributed by atoms with E-state index < -0.39 is 0 Å². The van der Waals surface area contributed by atoms with Crippen LogP contribution in [-0.4, -0.2) is 0 Å². The van der Waals surface area contributed by atoms with Crippen molar-refractivity contribution in [1.29, 1.82) is 5.26 Å². The van der Waals surface area contributed by atoms with Gasteiger partial charge in [0.25, 0.3) is 0 Å². The van der Waals surface area contributed by atoms with E-state index in [1.165, 1.54) is 0 Å². The summed E-state index contributed by atoms with van der Waals surface area (Å²) in [7, 11) is 0. The smallest absolute Gasteiger partial charge is 0.0998 e. The third-order valence-electron chi connectivity index (χ3n) is 1.71. The van der Waals surface area contributed by atoms with Crippen molar-refractivity contribution in [2.24, 2.45) is 0 Å². The normalized spacial score (nSPS) is 9.50. The van der Waals surface area contributed by atoms with E-state index in [2.05, 4.69) is 22.0 Å². The molecule has 1 aromatic rings. The molecule has 1 aromatic carbocycles. The van der Waals surface area contributed by atoms with Gasteiger partial charge in [-0.2, -0.15) is 5.26 Å². The molecule has 0 heterocycles. The minimum absolute atomic E-state index is 0.621. The average molecular weight is 245 g/mol. The molecule has 0 bridgehead atoms. The van der Waals surface area contributed by atoms with Crippen LogP contribution in [0, 0.1) is 18.3 Å². The summed E-state index contributed by atoms with van der Waals surface area (Å²) >= 11 is 9.20. The molecule has 0 aromatic heterocycles. The molecule has 0 saturated heterocycles. The van der Waals surface area contributed by atoms with Crippen molar-refractivity contribution in [2.75, 3.05) is 0 Å². The Kier molecular flexibility index (Phi) is 3.13. The Morgan fingerprint density at radius 3 is 2.67 bits per heavy atom. The van der Waals surface area contributed by atoms with E-state index in [-0.39, 0.29) is 0 Å². The first kappa shape index (κ1) is 9.57. The molecule has 0 aliphatic heterocycles. The highest BCUT2D eigenvalue weighted by atomic mass is 79.9. The molecule has 12 heavy (non-hydrogen) atoms. The zero-order valence-corrected chi connectivity index (χ0v) is 8.91. The minimum atomic E-state index is 0.621. The van der Waals surface area contributed by atoms with E-state index in [0.29, 0.717) is 15.9 Å². The number of nitriles is 1. The van der Waals surface area contributed by atoms with E-state index in [4.69, 9.17) is 16.9 Å². The SMILES string of the molecule is Cc1ccc(Cl)c(CBr)c1C#N. The van der Waals surface area contributed by atoms with Gasteiger partial charge >= 0.3 is 0 Å². The lowest BCUT2D eigenvalue weighted by atomic mass is 10.0. The number of hydrogen-bond donors (Lipinski definition) is 0. The van der Waals surface area contributed by atoms with Crippen molar-refractivity contribution in [3.63, 3.8) is 0 Å². The Balaban J connectivity index is 3.41. The summed E-state index contributed by atoms with van der Waals surface area (Å²) in [6.07, 6.45) is 0. The molecule has 1 nitrogen and oxygen atoms in total. The first-order chi connectivity index (χ1) is 5.70. The molecule has 1 rings (SSSR count). The molecule has 0 fully saturated rings. The predicted octanol–water partition coefficient (Wildman–Crippen LogP) is 3.42. The molecule has 0 saturated carbocycles. The van der Waals surface area contributed by atoms with Gasteiger partial charge in [0.1, 0.15) is 0 Å². The van der Waals surface area contributed by atoms with Gasteiger partial charge in [0.05, 0.1) is 11.6 Å². The Labute approximate surface area is 85.1 Å². The van der Waals surface area contributed by atoms with Gasteiger partial charge in [-0.25, -0.2) is 0 Å². The van der Waals surface area contributed by atoms with E-state index in [9.17, 15) is 0 Å². The molecule has 0 N–H and O–H groups in total. The number of rotatable bonds is 1. The number of alkyl halides is 1. The van der Waals surface area contributed by atoms with Gasteiger partial charge < -0.3 is 0 Å². The van der Waals surface area contributed by atoms with Gasteiger partial charge in [-0.05, 0) is 24.1 Å². The van der Waals surface area contributed by atoms with Crippen LogP contribution in [0.3, 0.4) is 0 Å². The van der Waals surface area contributed by atoms with Gasteiger partial charge in [0.15, 0.2) is 0 Å². The third-order valence-corrected chi connectivity index (χ3v) is 2.62. The Morgan fingerprint density at radius 1 is 1.58 bits per heavy atom. The number of hydrogen-bond acceptors (Lipinski definition) is 1. The lowest BCUT2D eigenvalue weighted by molar-refractivity contribution is 1.31. The molecule has 0 aliphatic carbocycles. The van der Waals surface area contributed by atoms with E-state index in [1.54, 1.807) is 0 Å². The van der Waals surface area contributed by atoms with Crippen LogP contribution in [0.15, 0.2) is 12.1 Å². The summed E-state index contributed by atoms with van der Waals surface area (Å²) in [6, 6.07) is 5.81. The van der Waals surface area contributed by atoms with Gasteiger partial charge in [-0.15, -0.1) is 0 Å². The monoisotopic (exact) mass is 243 g/mol. The van der Waals surface area contributed by atoms with Crippen molar-refractivity contribution in [1.82, 2.24) is 0 Å². The van der Waals surface area contributed by atoms with Gasteiger partial charge in [0.2, 0.25) is 0 Å². The number of halogens is 2. The average Bonchev–Trinajstić information content (AvgIpc) is 2.08. The highest BCUT2D eigenvalue weighted by molar-refractivity contribution is 9.08. The number of nitrogens with zero attached hydrogens (tertiary/aromatic N) is 1. The second kappa shape index (κ2) is 3.93. The predicted molar refractivity (Wildman–Crippen MR) is 53.5 cm³/mol. The van der Waals surface area contributed by atoms with E-state index >= 15 is 0 Å². The fraction of sp³-hybridized carbons (Fsp3) is 0.222. The van der Waals surface area contributed by atoms with Crippen molar-refractivity contribution in [2.45, 2.75) is 12.3 Å². The molecular formula is C9H7BrClN. The minimum Gasteiger partial charge on any atom is -0.192 e. The Bertz CT molecular complexity index is 341. The standard InChI is InChI=1S/C9H7BrClN/c1-6-2-3-9(11)7(4-10)8(6)5-12/h2-3H,4H2,1H3. The van der Waals surface area contributed by atoms with E-state index in [0.717, 1.165) is 11.1 Å². The van der Waals surface area contributed by atoms with Crippen LogP contribution in [0.5, 0.6) is 0 Å². The maximum Gasteiger partial charge on any atom is 0.0998 e. The lowest BCUT2D eigenvalue weighted by Gasteiger charge is -2.04. The van der Waals surface area contributed by atoms with Gasteiger partial charge in [0, 0.05) is 10.4 Å². The zero-order valence-electron chi connectivity index (χ0n) is 6.56. The maximum atomic E-state index is 8.83. The molecular weight excluding hydrogens is 237 g/mol. The molecule has 0 amide bonds. The topological polar surface area (TPSA) is 23.8 Å². The van der Waals surface area contributed by atoms with Crippen LogP contribution in [0.4, 0.5) is 0 Å². The number of aryl methyl sites for hydroxylation is 1. The van der Waals surface area contributed by atoms with E-state index in [1.807, 2.05) is 19.1 Å². The van der Waals surface area contributed by atoms with Gasteiger partial charge in [-0.1, -0.05) is 33.6 Å². The largest absolute Gasteiger partial charge is 0.192 e. The maximum absolute atomic E-state index is 8.83. The summed E-state index contributed by atoms with van der Waals surface area (Å²) in [4.78, 5) is 0. The van der Waals surface area contributed by atoms with Crippen LogP contribution >= 0.6 is 27.5 Å². The quantitative estimate of drug-likeness (QED) is 0.695. The van der Waals surface area contributed by atoms with Crippen molar-refractivity contribution in [3.05, 3.63) is 33.8 Å². The first-order valence-electron chi connectivity index (χ1n) is 3.44. The van der Waals surface area contributed by atoms with Crippen LogP contribution in [0.2, 0.25) is 5.02 Å². The van der Waals surface area contributed by atoms with Crippen LogP contribution in [0.1, 0.15) is 16.7 Å². The molecule has 62 valence electrons. The highest BCUT2D eigenvalue weighted by Crippen LogP contribution is 2.24. The van der Waals surface area contributed by atoms with Crippen LogP contribution < -0.4 is 0 Å². The molecule has 0 radical (unpaired) electrons. The Hall–Kier alpha value is -0.520. The van der Waals surface area contributed by atoms with Crippen LogP contribution in [0.25, 0.3) is 0 Å². The first-order valence-corrected chi connectivity index (χ1v) is 4.94. The lowest BCUT2D eigenvalue weighted by Crippen LogP contribution is -1.90. The summed E-state index contributed by atoms with van der Waals surface area (Å²) < 4.78 is 0.